The Morgan fingerprint density at radius 1 is 1.00 bits per heavy atom. The molecule has 6 heteroatoms. The summed E-state index contributed by atoms with van der Waals surface area (Å²) in [5.74, 6) is 1.97. The standard InChI is InChI=1S/C21H19N3O3/c1-4-26-18-8-6-5-7-15(18)21-23-19(24-27-21)16-12-14-11-13(2)9-10-17(14)22-20(16)25-3/h5-12H,4H2,1-3H3. The van der Waals surface area contributed by atoms with Gasteiger partial charge in [0.1, 0.15) is 5.75 Å². The van der Waals surface area contributed by atoms with Crippen molar-refractivity contribution in [3.8, 4) is 34.5 Å². The summed E-state index contributed by atoms with van der Waals surface area (Å²) in [7, 11) is 1.58. The maximum atomic E-state index is 5.66. The van der Waals surface area contributed by atoms with Gasteiger partial charge in [-0.3, -0.25) is 0 Å². The maximum absolute atomic E-state index is 5.66. The van der Waals surface area contributed by atoms with Crippen molar-refractivity contribution in [2.45, 2.75) is 13.8 Å². The quantitative estimate of drug-likeness (QED) is 0.514. The van der Waals surface area contributed by atoms with Crippen LogP contribution in [0.1, 0.15) is 12.5 Å². The van der Waals surface area contributed by atoms with Crippen LogP contribution >= 0.6 is 0 Å². The number of hydrogen-bond acceptors (Lipinski definition) is 6. The van der Waals surface area contributed by atoms with Crippen LogP contribution in [0, 0.1) is 6.92 Å². The van der Waals surface area contributed by atoms with E-state index in [1.54, 1.807) is 7.11 Å². The van der Waals surface area contributed by atoms with Crippen molar-refractivity contribution >= 4 is 10.9 Å². The predicted octanol–water partition coefficient (Wildman–Crippen LogP) is 4.67. The van der Waals surface area contributed by atoms with Crippen LogP contribution in [-0.2, 0) is 0 Å². The van der Waals surface area contributed by atoms with Gasteiger partial charge in [-0.05, 0) is 44.2 Å². The molecule has 0 amide bonds. The van der Waals surface area contributed by atoms with Crippen molar-refractivity contribution in [3.05, 3.63) is 54.1 Å². The molecule has 0 aliphatic rings. The normalized spacial score (nSPS) is 10.9. The summed E-state index contributed by atoms with van der Waals surface area (Å²) in [6.07, 6.45) is 0. The number of para-hydroxylation sites is 1. The highest BCUT2D eigenvalue weighted by Crippen LogP contribution is 2.34. The van der Waals surface area contributed by atoms with Gasteiger partial charge in [0, 0.05) is 5.39 Å². The molecule has 2 heterocycles. The zero-order chi connectivity index (χ0) is 18.8. The van der Waals surface area contributed by atoms with E-state index in [0.717, 1.165) is 22.0 Å². The number of hydrogen-bond donors (Lipinski definition) is 0. The predicted molar refractivity (Wildman–Crippen MR) is 103 cm³/mol. The summed E-state index contributed by atoms with van der Waals surface area (Å²) < 4.78 is 16.6. The fraction of sp³-hybridized carbons (Fsp3) is 0.190. The Morgan fingerprint density at radius 3 is 2.67 bits per heavy atom. The molecule has 0 spiro atoms. The van der Waals surface area contributed by atoms with Gasteiger partial charge in [0.25, 0.3) is 5.89 Å². The zero-order valence-electron chi connectivity index (χ0n) is 15.4. The van der Waals surface area contributed by atoms with Gasteiger partial charge < -0.3 is 14.0 Å². The van der Waals surface area contributed by atoms with Crippen molar-refractivity contribution in [1.29, 1.82) is 0 Å². The third kappa shape index (κ3) is 3.21. The molecular weight excluding hydrogens is 342 g/mol. The van der Waals surface area contributed by atoms with E-state index in [0.29, 0.717) is 35.5 Å². The first-order valence-corrected chi connectivity index (χ1v) is 8.71. The van der Waals surface area contributed by atoms with Crippen molar-refractivity contribution in [2.75, 3.05) is 13.7 Å². The van der Waals surface area contributed by atoms with Crippen molar-refractivity contribution < 1.29 is 14.0 Å². The van der Waals surface area contributed by atoms with Gasteiger partial charge in [-0.2, -0.15) is 4.98 Å². The smallest absolute Gasteiger partial charge is 0.262 e. The van der Waals surface area contributed by atoms with Crippen LogP contribution in [0.15, 0.2) is 53.1 Å². The van der Waals surface area contributed by atoms with Gasteiger partial charge in [-0.25, -0.2) is 4.98 Å². The number of ether oxygens (including phenoxy) is 2. The van der Waals surface area contributed by atoms with E-state index in [-0.39, 0.29) is 0 Å². The van der Waals surface area contributed by atoms with E-state index < -0.39 is 0 Å². The molecule has 6 nitrogen and oxygen atoms in total. The minimum Gasteiger partial charge on any atom is -0.493 e. The molecule has 136 valence electrons. The number of aryl methyl sites for hydroxylation is 1. The van der Waals surface area contributed by atoms with Crippen LogP contribution < -0.4 is 9.47 Å². The Kier molecular flexibility index (Phi) is 4.46. The van der Waals surface area contributed by atoms with Gasteiger partial charge in [0.05, 0.1) is 30.4 Å². The average Bonchev–Trinajstić information content (AvgIpc) is 3.17. The average molecular weight is 361 g/mol. The molecule has 0 bridgehead atoms. The molecule has 4 aromatic rings. The number of fused-ring (bicyclic) bond motifs is 1. The number of benzene rings is 2. The van der Waals surface area contributed by atoms with Crippen LogP contribution in [-0.4, -0.2) is 28.8 Å². The van der Waals surface area contributed by atoms with E-state index in [9.17, 15) is 0 Å². The van der Waals surface area contributed by atoms with Gasteiger partial charge in [0.2, 0.25) is 11.7 Å². The minimum absolute atomic E-state index is 0.389. The van der Waals surface area contributed by atoms with Crippen molar-refractivity contribution in [3.63, 3.8) is 0 Å². The number of nitrogens with zero attached hydrogens (tertiary/aromatic N) is 3. The van der Waals surface area contributed by atoms with Crippen LogP contribution in [0.4, 0.5) is 0 Å². The molecule has 0 saturated heterocycles. The van der Waals surface area contributed by atoms with Crippen LogP contribution in [0.2, 0.25) is 0 Å². The van der Waals surface area contributed by atoms with E-state index >= 15 is 0 Å². The Balaban J connectivity index is 1.81. The molecule has 2 aromatic heterocycles. The molecule has 0 aliphatic heterocycles. The first-order valence-electron chi connectivity index (χ1n) is 8.71. The fourth-order valence-electron chi connectivity index (χ4n) is 2.96. The van der Waals surface area contributed by atoms with Crippen molar-refractivity contribution in [1.82, 2.24) is 15.1 Å². The first-order chi connectivity index (χ1) is 13.2. The SMILES string of the molecule is CCOc1ccccc1-c1nc(-c2cc3cc(C)ccc3nc2OC)no1. The van der Waals surface area contributed by atoms with E-state index in [4.69, 9.17) is 14.0 Å². The Hall–Kier alpha value is -3.41. The highest BCUT2D eigenvalue weighted by atomic mass is 16.5. The molecule has 0 N–H and O–H groups in total. The molecule has 0 aliphatic carbocycles. The topological polar surface area (TPSA) is 70.3 Å². The molecule has 0 radical (unpaired) electrons. The van der Waals surface area contributed by atoms with Crippen LogP contribution in [0.5, 0.6) is 11.6 Å². The lowest BCUT2D eigenvalue weighted by Gasteiger charge is -2.07. The monoisotopic (exact) mass is 361 g/mol. The highest BCUT2D eigenvalue weighted by Gasteiger charge is 2.18. The number of pyridine rings is 1. The lowest BCUT2D eigenvalue weighted by atomic mass is 10.1. The summed E-state index contributed by atoms with van der Waals surface area (Å²) in [5, 5.41) is 5.13. The summed E-state index contributed by atoms with van der Waals surface area (Å²) in [5.41, 5.74) is 3.44. The lowest BCUT2D eigenvalue weighted by Crippen LogP contribution is -1.95. The second kappa shape index (κ2) is 7.07. The minimum atomic E-state index is 0.389. The molecule has 0 fully saturated rings. The number of methoxy groups -OCH3 is 1. The van der Waals surface area contributed by atoms with Crippen LogP contribution in [0.3, 0.4) is 0 Å². The first kappa shape index (κ1) is 17.0. The number of rotatable bonds is 5. The van der Waals surface area contributed by atoms with Crippen molar-refractivity contribution in [2.24, 2.45) is 0 Å². The fourth-order valence-corrected chi connectivity index (χ4v) is 2.96. The Morgan fingerprint density at radius 2 is 1.85 bits per heavy atom. The molecular formula is C21H19N3O3. The second-order valence-electron chi connectivity index (χ2n) is 6.09. The molecule has 4 rings (SSSR count). The summed E-state index contributed by atoms with van der Waals surface area (Å²) in [6.45, 7) is 4.53. The van der Waals surface area contributed by atoms with E-state index in [1.807, 2.05) is 56.3 Å². The Labute approximate surface area is 156 Å². The third-order valence-corrected chi connectivity index (χ3v) is 4.21. The highest BCUT2D eigenvalue weighted by molar-refractivity contribution is 5.85. The van der Waals surface area contributed by atoms with E-state index in [2.05, 4.69) is 21.2 Å². The number of aromatic nitrogens is 3. The summed E-state index contributed by atoms with van der Waals surface area (Å²) >= 11 is 0. The Bertz CT molecular complexity index is 1100. The van der Waals surface area contributed by atoms with Gasteiger partial charge in [0.15, 0.2) is 0 Å². The van der Waals surface area contributed by atoms with Gasteiger partial charge in [-0.15, -0.1) is 0 Å². The molecule has 0 unspecified atom stereocenters. The largest absolute Gasteiger partial charge is 0.493 e. The summed E-state index contributed by atoms with van der Waals surface area (Å²) in [4.78, 5) is 9.13. The van der Waals surface area contributed by atoms with Gasteiger partial charge >= 0.3 is 0 Å². The molecule has 27 heavy (non-hydrogen) atoms. The van der Waals surface area contributed by atoms with Gasteiger partial charge in [-0.1, -0.05) is 28.9 Å². The van der Waals surface area contributed by atoms with E-state index in [1.165, 1.54) is 0 Å². The zero-order valence-corrected chi connectivity index (χ0v) is 15.4. The molecule has 0 atom stereocenters. The second-order valence-corrected chi connectivity index (χ2v) is 6.09. The molecule has 2 aromatic carbocycles. The molecule has 0 saturated carbocycles. The maximum Gasteiger partial charge on any atom is 0.262 e. The summed E-state index contributed by atoms with van der Waals surface area (Å²) in [6, 6.07) is 15.6. The third-order valence-electron chi connectivity index (χ3n) is 4.21. The van der Waals surface area contributed by atoms with Crippen LogP contribution in [0.25, 0.3) is 33.7 Å². The lowest BCUT2D eigenvalue weighted by molar-refractivity contribution is 0.339.